The number of rotatable bonds is 3. The van der Waals surface area contributed by atoms with Gasteiger partial charge in [-0.2, -0.15) is 0 Å². The highest BCUT2D eigenvalue weighted by molar-refractivity contribution is 7.10. The SMILES string of the molecule is CC(C(=O)N1CCC(C)(CN)C1)c1cccs1.Cl. The molecule has 5 heteroatoms. The Morgan fingerprint density at radius 2 is 2.39 bits per heavy atom. The molecule has 102 valence electrons. The van der Waals surface area contributed by atoms with E-state index in [4.69, 9.17) is 5.73 Å². The van der Waals surface area contributed by atoms with Gasteiger partial charge in [0.25, 0.3) is 0 Å². The van der Waals surface area contributed by atoms with E-state index in [1.807, 2.05) is 29.3 Å². The van der Waals surface area contributed by atoms with Crippen LogP contribution in [0.5, 0.6) is 0 Å². The molecule has 1 fully saturated rings. The van der Waals surface area contributed by atoms with Gasteiger partial charge < -0.3 is 10.6 Å². The molecule has 0 aliphatic carbocycles. The summed E-state index contributed by atoms with van der Waals surface area (Å²) in [7, 11) is 0. The van der Waals surface area contributed by atoms with Gasteiger partial charge in [0.05, 0.1) is 5.92 Å². The van der Waals surface area contributed by atoms with Gasteiger partial charge in [0.2, 0.25) is 5.91 Å². The molecule has 0 bridgehead atoms. The van der Waals surface area contributed by atoms with E-state index in [2.05, 4.69) is 6.92 Å². The Balaban J connectivity index is 0.00000162. The van der Waals surface area contributed by atoms with Crippen LogP contribution in [-0.2, 0) is 4.79 Å². The van der Waals surface area contributed by atoms with Crippen molar-refractivity contribution in [2.45, 2.75) is 26.2 Å². The summed E-state index contributed by atoms with van der Waals surface area (Å²) in [6.45, 7) is 6.47. The van der Waals surface area contributed by atoms with Crippen LogP contribution in [0.1, 0.15) is 31.1 Å². The number of nitrogens with zero attached hydrogens (tertiary/aromatic N) is 1. The van der Waals surface area contributed by atoms with Crippen LogP contribution in [0.2, 0.25) is 0 Å². The molecule has 1 amide bonds. The number of carbonyl (C=O) groups excluding carboxylic acids is 1. The van der Waals surface area contributed by atoms with E-state index < -0.39 is 0 Å². The van der Waals surface area contributed by atoms with E-state index in [1.165, 1.54) is 0 Å². The third-order valence-corrected chi connectivity index (χ3v) is 4.76. The molecule has 2 unspecified atom stereocenters. The number of hydrogen-bond acceptors (Lipinski definition) is 3. The van der Waals surface area contributed by atoms with Crippen LogP contribution in [0, 0.1) is 5.41 Å². The molecule has 2 atom stereocenters. The van der Waals surface area contributed by atoms with Crippen LogP contribution in [0.4, 0.5) is 0 Å². The Labute approximate surface area is 119 Å². The Morgan fingerprint density at radius 1 is 1.67 bits per heavy atom. The smallest absolute Gasteiger partial charge is 0.230 e. The van der Waals surface area contributed by atoms with E-state index in [0.717, 1.165) is 24.4 Å². The summed E-state index contributed by atoms with van der Waals surface area (Å²) in [4.78, 5) is 15.5. The van der Waals surface area contributed by atoms with Crippen molar-refractivity contribution in [2.24, 2.45) is 11.1 Å². The minimum Gasteiger partial charge on any atom is -0.342 e. The number of amides is 1. The van der Waals surface area contributed by atoms with Gasteiger partial charge in [0.15, 0.2) is 0 Å². The van der Waals surface area contributed by atoms with Crippen LogP contribution >= 0.6 is 23.7 Å². The summed E-state index contributed by atoms with van der Waals surface area (Å²) in [6, 6.07) is 4.03. The first kappa shape index (κ1) is 15.5. The molecule has 0 saturated carbocycles. The fraction of sp³-hybridized carbons (Fsp3) is 0.615. The predicted molar refractivity (Wildman–Crippen MR) is 78.3 cm³/mol. The molecule has 1 aliphatic heterocycles. The predicted octanol–water partition coefficient (Wildman–Crippen LogP) is 2.47. The molecule has 0 spiro atoms. The zero-order chi connectivity index (χ0) is 12.5. The van der Waals surface area contributed by atoms with Gasteiger partial charge in [-0.1, -0.05) is 13.0 Å². The van der Waals surface area contributed by atoms with Crippen molar-refractivity contribution in [1.82, 2.24) is 4.90 Å². The van der Waals surface area contributed by atoms with Gasteiger partial charge in [-0.15, -0.1) is 23.7 Å². The van der Waals surface area contributed by atoms with Crippen molar-refractivity contribution in [3.63, 3.8) is 0 Å². The second-order valence-corrected chi connectivity index (χ2v) is 6.24. The second kappa shape index (κ2) is 6.04. The minimum absolute atomic E-state index is 0. The second-order valence-electron chi connectivity index (χ2n) is 5.26. The molecule has 2 rings (SSSR count). The first-order chi connectivity index (χ1) is 8.06. The number of likely N-dealkylation sites (tertiary alicyclic amines) is 1. The summed E-state index contributed by atoms with van der Waals surface area (Å²) >= 11 is 1.65. The first-order valence-electron chi connectivity index (χ1n) is 6.08. The van der Waals surface area contributed by atoms with Crippen LogP contribution in [-0.4, -0.2) is 30.4 Å². The van der Waals surface area contributed by atoms with Crippen LogP contribution < -0.4 is 5.73 Å². The van der Waals surface area contributed by atoms with Crippen molar-refractivity contribution in [3.8, 4) is 0 Å². The molecular formula is C13H21ClN2OS. The molecule has 2 N–H and O–H groups in total. The standard InChI is InChI=1S/C13H20N2OS.ClH/c1-10(11-4-3-7-17-11)12(16)15-6-5-13(2,8-14)9-15;/h3-4,7,10H,5-6,8-9,14H2,1-2H3;1H. The lowest BCUT2D eigenvalue weighted by Gasteiger charge is -2.24. The summed E-state index contributed by atoms with van der Waals surface area (Å²) in [5.74, 6) is 0.222. The lowest BCUT2D eigenvalue weighted by Crippen LogP contribution is -2.36. The van der Waals surface area contributed by atoms with E-state index in [9.17, 15) is 4.79 Å². The molecule has 1 aliphatic rings. The number of carbonyl (C=O) groups is 1. The van der Waals surface area contributed by atoms with Crippen molar-refractivity contribution < 1.29 is 4.79 Å². The lowest BCUT2D eigenvalue weighted by molar-refractivity contribution is -0.131. The summed E-state index contributed by atoms with van der Waals surface area (Å²) in [5, 5.41) is 2.02. The Bertz CT molecular complexity index is 396. The first-order valence-corrected chi connectivity index (χ1v) is 6.96. The molecule has 1 aromatic heterocycles. The Kier molecular flexibility index (Phi) is 5.20. The van der Waals surface area contributed by atoms with Gasteiger partial charge in [-0.05, 0) is 36.8 Å². The largest absolute Gasteiger partial charge is 0.342 e. The fourth-order valence-corrected chi connectivity index (χ4v) is 3.09. The maximum absolute atomic E-state index is 12.3. The quantitative estimate of drug-likeness (QED) is 0.929. The van der Waals surface area contributed by atoms with E-state index in [1.54, 1.807) is 11.3 Å². The van der Waals surface area contributed by atoms with Crippen molar-refractivity contribution in [2.75, 3.05) is 19.6 Å². The Hall–Kier alpha value is -0.580. The van der Waals surface area contributed by atoms with Gasteiger partial charge in [0, 0.05) is 18.0 Å². The molecular weight excluding hydrogens is 268 g/mol. The van der Waals surface area contributed by atoms with E-state index in [-0.39, 0.29) is 29.6 Å². The van der Waals surface area contributed by atoms with Crippen LogP contribution in [0.3, 0.4) is 0 Å². The maximum atomic E-state index is 12.3. The van der Waals surface area contributed by atoms with Crippen molar-refractivity contribution >= 4 is 29.7 Å². The number of hydrogen-bond donors (Lipinski definition) is 1. The van der Waals surface area contributed by atoms with Gasteiger partial charge >= 0.3 is 0 Å². The third kappa shape index (κ3) is 3.05. The summed E-state index contributed by atoms with van der Waals surface area (Å²) in [6.07, 6.45) is 1.02. The number of halogens is 1. The van der Waals surface area contributed by atoms with E-state index >= 15 is 0 Å². The average Bonchev–Trinajstić information content (AvgIpc) is 2.97. The molecule has 0 radical (unpaired) electrons. The maximum Gasteiger partial charge on any atom is 0.230 e. The van der Waals surface area contributed by atoms with Crippen molar-refractivity contribution in [3.05, 3.63) is 22.4 Å². The zero-order valence-corrected chi connectivity index (χ0v) is 12.5. The Morgan fingerprint density at radius 3 is 2.89 bits per heavy atom. The van der Waals surface area contributed by atoms with Crippen LogP contribution in [0.25, 0.3) is 0 Å². The topological polar surface area (TPSA) is 46.3 Å². The van der Waals surface area contributed by atoms with Crippen molar-refractivity contribution in [1.29, 1.82) is 0 Å². The summed E-state index contributed by atoms with van der Waals surface area (Å²) in [5.41, 5.74) is 5.88. The lowest BCUT2D eigenvalue weighted by atomic mass is 9.90. The molecule has 1 aromatic rings. The highest BCUT2D eigenvalue weighted by Gasteiger charge is 2.36. The molecule has 0 aromatic carbocycles. The average molecular weight is 289 g/mol. The van der Waals surface area contributed by atoms with Gasteiger partial charge in [-0.25, -0.2) is 0 Å². The number of thiophene rings is 1. The minimum atomic E-state index is -0.0184. The third-order valence-electron chi connectivity index (χ3n) is 3.70. The molecule has 2 heterocycles. The summed E-state index contributed by atoms with van der Waals surface area (Å²) < 4.78 is 0. The molecule has 1 saturated heterocycles. The fourth-order valence-electron chi connectivity index (χ4n) is 2.31. The number of nitrogens with two attached hydrogens (primary N) is 1. The normalized spacial score (nSPS) is 24.7. The van der Waals surface area contributed by atoms with Gasteiger partial charge in [0.1, 0.15) is 0 Å². The monoisotopic (exact) mass is 288 g/mol. The highest BCUT2D eigenvalue weighted by Crippen LogP contribution is 2.31. The highest BCUT2D eigenvalue weighted by atomic mass is 35.5. The molecule has 18 heavy (non-hydrogen) atoms. The van der Waals surface area contributed by atoms with Crippen LogP contribution in [0.15, 0.2) is 17.5 Å². The van der Waals surface area contributed by atoms with E-state index in [0.29, 0.717) is 6.54 Å². The molecule has 3 nitrogen and oxygen atoms in total. The zero-order valence-electron chi connectivity index (χ0n) is 10.9. The van der Waals surface area contributed by atoms with Gasteiger partial charge in [-0.3, -0.25) is 4.79 Å².